The molecule has 12 heteroatoms. The second-order valence-corrected chi connectivity index (χ2v) is 6.44. The molecule has 0 heterocycles. The van der Waals surface area contributed by atoms with Crippen molar-refractivity contribution in [2.45, 2.75) is 43.8 Å². The van der Waals surface area contributed by atoms with Gasteiger partial charge in [0.05, 0.1) is 12.5 Å². The Balaban J connectivity index is 5.05. The van der Waals surface area contributed by atoms with Crippen LogP contribution >= 0.6 is 11.8 Å². The number of thioether (sulfide) groups is 1. The van der Waals surface area contributed by atoms with Gasteiger partial charge in [-0.1, -0.05) is 0 Å². The smallest absolute Gasteiger partial charge is 0.326 e. The van der Waals surface area contributed by atoms with E-state index in [9.17, 15) is 24.0 Å². The molecule has 3 atom stereocenters. The molecule has 0 fully saturated rings. The topological polar surface area (TPSA) is 202 Å². The third kappa shape index (κ3) is 9.84. The number of aliphatic carboxylic acids is 2. The molecule has 0 aliphatic carbocycles. The molecule has 11 nitrogen and oxygen atoms in total. The van der Waals surface area contributed by atoms with Crippen molar-refractivity contribution in [2.24, 2.45) is 11.5 Å². The molecule has 0 saturated carbocycles. The highest BCUT2D eigenvalue weighted by Gasteiger charge is 2.28. The van der Waals surface area contributed by atoms with Crippen LogP contribution in [0.3, 0.4) is 0 Å². The molecule has 0 unspecified atom stereocenters. The van der Waals surface area contributed by atoms with Crippen LogP contribution in [-0.2, 0) is 24.0 Å². The Labute approximate surface area is 154 Å². The molecule has 0 radical (unpaired) electrons. The van der Waals surface area contributed by atoms with E-state index in [0.717, 1.165) is 0 Å². The van der Waals surface area contributed by atoms with Crippen molar-refractivity contribution >= 4 is 41.4 Å². The Morgan fingerprint density at radius 2 is 1.58 bits per heavy atom. The van der Waals surface area contributed by atoms with E-state index in [1.807, 2.05) is 0 Å². The molecule has 148 valence electrons. The van der Waals surface area contributed by atoms with Gasteiger partial charge in [-0.25, -0.2) is 4.79 Å². The first kappa shape index (κ1) is 23.7. The molecule has 0 aromatic heterocycles. The first-order chi connectivity index (χ1) is 12.1. The van der Waals surface area contributed by atoms with E-state index in [4.69, 9.17) is 21.7 Å². The Bertz CT molecular complexity index is 543. The SMILES string of the molecule is CSCC[C@H](NC(=O)[C@H](CCC(N)=O)NC(=O)[C@@H](N)CC(=O)O)C(=O)O. The van der Waals surface area contributed by atoms with Gasteiger partial charge in [0, 0.05) is 6.42 Å². The van der Waals surface area contributed by atoms with E-state index >= 15 is 0 Å². The van der Waals surface area contributed by atoms with Crippen molar-refractivity contribution in [3.63, 3.8) is 0 Å². The van der Waals surface area contributed by atoms with Gasteiger partial charge in [0.1, 0.15) is 12.1 Å². The van der Waals surface area contributed by atoms with Crippen molar-refractivity contribution in [1.82, 2.24) is 10.6 Å². The molecule has 3 amide bonds. The van der Waals surface area contributed by atoms with Crippen LogP contribution in [0.25, 0.3) is 0 Å². The van der Waals surface area contributed by atoms with Crippen LogP contribution in [0, 0.1) is 0 Å². The molecular formula is C14H24N4O7S. The zero-order valence-electron chi connectivity index (χ0n) is 14.3. The summed E-state index contributed by atoms with van der Waals surface area (Å²) in [5.41, 5.74) is 10.5. The number of amides is 3. The van der Waals surface area contributed by atoms with E-state index in [2.05, 4.69) is 10.6 Å². The summed E-state index contributed by atoms with van der Waals surface area (Å²) in [5, 5.41) is 22.3. The van der Waals surface area contributed by atoms with E-state index in [1.165, 1.54) is 11.8 Å². The average molecular weight is 392 g/mol. The summed E-state index contributed by atoms with van der Waals surface area (Å²) in [7, 11) is 0. The number of nitrogens with one attached hydrogen (secondary N) is 2. The predicted molar refractivity (Wildman–Crippen MR) is 93.2 cm³/mol. The van der Waals surface area contributed by atoms with Crippen molar-refractivity contribution in [1.29, 1.82) is 0 Å². The van der Waals surface area contributed by atoms with Gasteiger partial charge in [-0.2, -0.15) is 11.8 Å². The third-order valence-electron chi connectivity index (χ3n) is 3.27. The lowest BCUT2D eigenvalue weighted by molar-refractivity contribution is -0.143. The van der Waals surface area contributed by atoms with Crippen LogP contribution in [-0.4, -0.2) is 70.0 Å². The minimum Gasteiger partial charge on any atom is -0.481 e. The molecule has 26 heavy (non-hydrogen) atoms. The number of hydrogen-bond acceptors (Lipinski definition) is 7. The fourth-order valence-corrected chi connectivity index (χ4v) is 2.35. The van der Waals surface area contributed by atoms with Gasteiger partial charge < -0.3 is 32.3 Å². The summed E-state index contributed by atoms with van der Waals surface area (Å²) in [4.78, 5) is 57.0. The zero-order valence-corrected chi connectivity index (χ0v) is 15.1. The van der Waals surface area contributed by atoms with Crippen molar-refractivity contribution in [2.75, 3.05) is 12.0 Å². The number of carbonyl (C=O) groups excluding carboxylic acids is 3. The second-order valence-electron chi connectivity index (χ2n) is 5.45. The Morgan fingerprint density at radius 3 is 2.04 bits per heavy atom. The molecular weight excluding hydrogens is 368 g/mol. The number of nitrogens with two attached hydrogens (primary N) is 2. The largest absolute Gasteiger partial charge is 0.481 e. The second kappa shape index (κ2) is 12.1. The monoisotopic (exact) mass is 392 g/mol. The van der Waals surface area contributed by atoms with E-state index in [-0.39, 0.29) is 19.3 Å². The minimum absolute atomic E-state index is 0.164. The number of hydrogen-bond donors (Lipinski definition) is 6. The highest BCUT2D eigenvalue weighted by atomic mass is 32.2. The zero-order chi connectivity index (χ0) is 20.3. The highest BCUT2D eigenvalue weighted by Crippen LogP contribution is 2.04. The van der Waals surface area contributed by atoms with Crippen molar-refractivity contribution in [3.8, 4) is 0 Å². The van der Waals surface area contributed by atoms with Gasteiger partial charge in [0.15, 0.2) is 0 Å². The first-order valence-electron chi connectivity index (χ1n) is 7.66. The van der Waals surface area contributed by atoms with Gasteiger partial charge in [0.2, 0.25) is 17.7 Å². The molecule has 0 aliphatic rings. The van der Waals surface area contributed by atoms with Crippen molar-refractivity contribution in [3.05, 3.63) is 0 Å². The van der Waals surface area contributed by atoms with Gasteiger partial charge in [-0.15, -0.1) is 0 Å². The quantitative estimate of drug-likeness (QED) is 0.202. The van der Waals surface area contributed by atoms with Crippen LogP contribution in [0.2, 0.25) is 0 Å². The van der Waals surface area contributed by atoms with Crippen LogP contribution in [0.1, 0.15) is 25.7 Å². The molecule has 0 saturated heterocycles. The van der Waals surface area contributed by atoms with E-state index in [0.29, 0.717) is 5.75 Å². The average Bonchev–Trinajstić information content (AvgIpc) is 2.53. The Kier molecular flexibility index (Phi) is 11.0. The number of carboxylic acid groups (broad SMARTS) is 2. The molecule has 0 aromatic carbocycles. The Hall–Kier alpha value is -2.34. The number of carboxylic acids is 2. The molecule has 0 aromatic rings. The van der Waals surface area contributed by atoms with E-state index in [1.54, 1.807) is 6.26 Å². The summed E-state index contributed by atoms with van der Waals surface area (Å²) in [5.74, 6) is -4.50. The summed E-state index contributed by atoms with van der Waals surface area (Å²) in [6.45, 7) is 0. The lowest BCUT2D eigenvalue weighted by atomic mass is 10.1. The van der Waals surface area contributed by atoms with Gasteiger partial charge in [-0.05, 0) is 24.9 Å². The van der Waals surface area contributed by atoms with Crippen molar-refractivity contribution < 1.29 is 34.2 Å². The van der Waals surface area contributed by atoms with Crippen LogP contribution in [0.5, 0.6) is 0 Å². The summed E-state index contributed by atoms with van der Waals surface area (Å²) in [6, 6.07) is -3.84. The summed E-state index contributed by atoms with van der Waals surface area (Å²) in [6.07, 6.45) is 0.871. The number of rotatable bonds is 13. The molecule has 0 bridgehead atoms. The van der Waals surface area contributed by atoms with Crippen LogP contribution in [0.15, 0.2) is 0 Å². The summed E-state index contributed by atoms with van der Waals surface area (Å²) < 4.78 is 0. The van der Waals surface area contributed by atoms with Gasteiger partial charge in [0.25, 0.3) is 0 Å². The first-order valence-corrected chi connectivity index (χ1v) is 9.06. The minimum atomic E-state index is -1.40. The van der Waals surface area contributed by atoms with E-state index < -0.39 is 54.2 Å². The van der Waals surface area contributed by atoms with Crippen LogP contribution in [0.4, 0.5) is 0 Å². The maximum absolute atomic E-state index is 12.3. The maximum atomic E-state index is 12.3. The normalized spacial score (nSPS) is 13.9. The maximum Gasteiger partial charge on any atom is 0.326 e. The lowest BCUT2D eigenvalue weighted by Gasteiger charge is -2.22. The van der Waals surface area contributed by atoms with Gasteiger partial charge in [-0.3, -0.25) is 19.2 Å². The predicted octanol–water partition coefficient (Wildman–Crippen LogP) is -2.14. The lowest BCUT2D eigenvalue weighted by Crippen LogP contribution is -2.55. The fraction of sp³-hybridized carbons (Fsp3) is 0.643. The fourth-order valence-electron chi connectivity index (χ4n) is 1.88. The Morgan fingerprint density at radius 1 is 1.00 bits per heavy atom. The molecule has 0 spiro atoms. The third-order valence-corrected chi connectivity index (χ3v) is 3.91. The molecule has 8 N–H and O–H groups in total. The van der Waals surface area contributed by atoms with Gasteiger partial charge >= 0.3 is 11.9 Å². The molecule has 0 aliphatic heterocycles. The standard InChI is InChI=1S/C14H24N4O7S/c1-26-5-4-9(14(24)25)18-13(23)8(2-3-10(16)19)17-12(22)7(15)6-11(20)21/h7-9H,2-6,15H2,1H3,(H2,16,19)(H,17,22)(H,18,23)(H,20,21)(H,24,25)/t7-,8-,9-/m0/s1. The number of carbonyl (C=O) groups is 5. The molecule has 0 rings (SSSR count). The van der Waals surface area contributed by atoms with Crippen LogP contribution < -0.4 is 22.1 Å². The highest BCUT2D eigenvalue weighted by molar-refractivity contribution is 7.98. The number of primary amides is 1. The summed E-state index contributed by atoms with van der Waals surface area (Å²) >= 11 is 1.40.